The van der Waals surface area contributed by atoms with Crippen molar-refractivity contribution in [1.29, 1.82) is 0 Å². The van der Waals surface area contributed by atoms with Gasteiger partial charge in [-0.1, -0.05) is 52.9 Å². The van der Waals surface area contributed by atoms with Crippen molar-refractivity contribution < 1.29 is 0 Å². The van der Waals surface area contributed by atoms with E-state index < -0.39 is 0 Å². The van der Waals surface area contributed by atoms with E-state index in [1.165, 1.54) is 51.5 Å². The Morgan fingerprint density at radius 3 is 2.07 bits per heavy atom. The summed E-state index contributed by atoms with van der Waals surface area (Å²) >= 11 is 0. The Kier molecular flexibility index (Phi) is 10.4. The minimum absolute atomic E-state index is 0.871. The molecule has 0 rings (SSSR count). The average Bonchev–Trinajstić information content (AvgIpc) is 2.15. The monoisotopic (exact) mass is 213 g/mol. The minimum atomic E-state index is 0.871. The van der Waals surface area contributed by atoms with E-state index in [1.54, 1.807) is 0 Å². The summed E-state index contributed by atoms with van der Waals surface area (Å²) in [5.74, 6) is 1.80. The Bertz CT molecular complexity index is 121. The molecule has 0 aliphatic carbocycles. The quantitative estimate of drug-likeness (QED) is 0.536. The zero-order valence-corrected chi connectivity index (χ0v) is 11.3. The van der Waals surface area contributed by atoms with E-state index in [0.717, 1.165) is 11.8 Å². The summed E-state index contributed by atoms with van der Waals surface area (Å²) in [5.41, 5.74) is 0. The second kappa shape index (κ2) is 10.5. The van der Waals surface area contributed by atoms with Crippen LogP contribution in [0.5, 0.6) is 0 Å². The maximum Gasteiger partial charge on any atom is -0.00519 e. The van der Waals surface area contributed by atoms with Crippen LogP contribution in [0, 0.1) is 11.8 Å². The molecular weight excluding hydrogens is 182 g/mol. The Balaban J connectivity index is 3.09. The summed E-state index contributed by atoms with van der Waals surface area (Å²) in [6.07, 6.45) is 9.89. The van der Waals surface area contributed by atoms with Crippen LogP contribution >= 0.6 is 0 Å². The summed E-state index contributed by atoms with van der Waals surface area (Å²) in [6.45, 7) is 8.24. The molecule has 1 unspecified atom stereocenters. The van der Waals surface area contributed by atoms with Gasteiger partial charge in [-0.15, -0.1) is 0 Å². The van der Waals surface area contributed by atoms with Gasteiger partial charge in [-0.3, -0.25) is 0 Å². The second-order valence-electron chi connectivity index (χ2n) is 5.39. The molecule has 15 heavy (non-hydrogen) atoms. The Labute approximate surface area is 97.0 Å². The summed E-state index contributed by atoms with van der Waals surface area (Å²) in [7, 11) is 2.04. The molecule has 1 nitrogen and oxygen atoms in total. The minimum Gasteiger partial charge on any atom is -0.320 e. The molecule has 0 radical (unpaired) electrons. The smallest absolute Gasteiger partial charge is 0.00519 e. The van der Waals surface area contributed by atoms with Crippen molar-refractivity contribution in [2.45, 2.75) is 65.7 Å². The summed E-state index contributed by atoms with van der Waals surface area (Å²) in [6, 6.07) is 0. The van der Waals surface area contributed by atoms with Crippen LogP contribution in [0.25, 0.3) is 0 Å². The van der Waals surface area contributed by atoms with Gasteiger partial charge in [-0.2, -0.15) is 0 Å². The second-order valence-corrected chi connectivity index (χ2v) is 5.39. The predicted molar refractivity (Wildman–Crippen MR) is 70.2 cm³/mol. The Hall–Kier alpha value is -0.0400. The molecule has 0 aromatic rings. The number of nitrogens with one attached hydrogen (secondary N) is 1. The van der Waals surface area contributed by atoms with Crippen molar-refractivity contribution >= 4 is 0 Å². The molecule has 1 atom stereocenters. The van der Waals surface area contributed by atoms with Crippen LogP contribution in [-0.4, -0.2) is 13.6 Å². The number of hydrogen-bond acceptors (Lipinski definition) is 1. The van der Waals surface area contributed by atoms with Crippen molar-refractivity contribution in [1.82, 2.24) is 5.32 Å². The zero-order chi connectivity index (χ0) is 11.5. The molecule has 0 amide bonds. The van der Waals surface area contributed by atoms with Crippen LogP contribution in [-0.2, 0) is 0 Å². The first-order chi connectivity index (χ1) is 7.16. The lowest BCUT2D eigenvalue weighted by Gasteiger charge is -2.13. The van der Waals surface area contributed by atoms with Crippen molar-refractivity contribution in [3.8, 4) is 0 Å². The van der Waals surface area contributed by atoms with Gasteiger partial charge in [0.2, 0.25) is 0 Å². The molecule has 0 aromatic carbocycles. The molecular formula is C14H31N. The van der Waals surface area contributed by atoms with Crippen LogP contribution < -0.4 is 5.32 Å². The van der Waals surface area contributed by atoms with E-state index in [9.17, 15) is 0 Å². The highest BCUT2D eigenvalue weighted by atomic mass is 14.8. The molecule has 0 spiro atoms. The molecule has 0 bridgehead atoms. The summed E-state index contributed by atoms with van der Waals surface area (Å²) < 4.78 is 0. The van der Waals surface area contributed by atoms with E-state index in [1.807, 2.05) is 7.05 Å². The lowest BCUT2D eigenvalue weighted by molar-refractivity contribution is 0.397. The highest BCUT2D eigenvalue weighted by Gasteiger charge is 2.04. The number of unbranched alkanes of at least 4 members (excludes halogenated alkanes) is 4. The molecule has 1 heteroatoms. The van der Waals surface area contributed by atoms with Crippen LogP contribution in [0.1, 0.15) is 65.7 Å². The van der Waals surface area contributed by atoms with Gasteiger partial charge in [0.05, 0.1) is 0 Å². The fourth-order valence-electron chi connectivity index (χ4n) is 2.25. The summed E-state index contributed by atoms with van der Waals surface area (Å²) in [5, 5.41) is 3.20. The molecule has 1 N–H and O–H groups in total. The molecule has 0 saturated carbocycles. The molecule has 92 valence electrons. The van der Waals surface area contributed by atoms with Crippen molar-refractivity contribution in [3.05, 3.63) is 0 Å². The number of hydrogen-bond donors (Lipinski definition) is 1. The van der Waals surface area contributed by atoms with E-state index in [-0.39, 0.29) is 0 Å². The van der Waals surface area contributed by atoms with Gasteiger partial charge < -0.3 is 5.32 Å². The van der Waals surface area contributed by atoms with E-state index in [4.69, 9.17) is 0 Å². The predicted octanol–water partition coefficient (Wildman–Crippen LogP) is 4.23. The van der Waals surface area contributed by atoms with E-state index in [2.05, 4.69) is 26.1 Å². The highest BCUT2D eigenvalue weighted by molar-refractivity contribution is 4.57. The van der Waals surface area contributed by atoms with Gasteiger partial charge in [-0.05, 0) is 38.3 Å². The third-order valence-electron chi connectivity index (χ3n) is 3.00. The van der Waals surface area contributed by atoms with Crippen molar-refractivity contribution in [2.24, 2.45) is 11.8 Å². The largest absolute Gasteiger partial charge is 0.320 e. The van der Waals surface area contributed by atoms with E-state index >= 15 is 0 Å². The molecule has 0 heterocycles. The van der Waals surface area contributed by atoms with Crippen LogP contribution in [0.2, 0.25) is 0 Å². The maximum absolute atomic E-state index is 3.20. The Morgan fingerprint density at radius 2 is 1.47 bits per heavy atom. The van der Waals surface area contributed by atoms with Crippen molar-refractivity contribution in [2.75, 3.05) is 13.6 Å². The average molecular weight is 213 g/mol. The maximum atomic E-state index is 3.20. The first-order valence-corrected chi connectivity index (χ1v) is 6.81. The molecule has 0 aliphatic heterocycles. The third-order valence-corrected chi connectivity index (χ3v) is 3.00. The molecule has 0 aliphatic rings. The van der Waals surface area contributed by atoms with Gasteiger partial charge in [0.25, 0.3) is 0 Å². The first kappa shape index (κ1) is 15.0. The number of rotatable bonds is 10. The molecule has 0 aromatic heterocycles. The fourth-order valence-corrected chi connectivity index (χ4v) is 2.25. The van der Waals surface area contributed by atoms with Gasteiger partial charge in [0.1, 0.15) is 0 Å². The highest BCUT2D eigenvalue weighted by Crippen LogP contribution is 2.18. The first-order valence-electron chi connectivity index (χ1n) is 6.81. The molecule has 0 fully saturated rings. The van der Waals surface area contributed by atoms with Crippen LogP contribution in [0.4, 0.5) is 0 Å². The van der Waals surface area contributed by atoms with Crippen LogP contribution in [0.3, 0.4) is 0 Å². The van der Waals surface area contributed by atoms with Gasteiger partial charge in [-0.25, -0.2) is 0 Å². The van der Waals surface area contributed by atoms with Gasteiger partial charge >= 0.3 is 0 Å². The van der Waals surface area contributed by atoms with E-state index in [0.29, 0.717) is 0 Å². The zero-order valence-electron chi connectivity index (χ0n) is 11.3. The molecule has 0 saturated heterocycles. The lowest BCUT2D eigenvalue weighted by Crippen LogP contribution is -2.06. The third kappa shape index (κ3) is 11.9. The van der Waals surface area contributed by atoms with Gasteiger partial charge in [0, 0.05) is 0 Å². The van der Waals surface area contributed by atoms with Crippen molar-refractivity contribution in [3.63, 3.8) is 0 Å². The normalized spacial score (nSPS) is 13.4. The fraction of sp³-hybridized carbons (Fsp3) is 1.00. The van der Waals surface area contributed by atoms with Gasteiger partial charge in [0.15, 0.2) is 0 Å². The SMILES string of the molecule is CNCCCCCCCC(C)CC(C)C. The standard InChI is InChI=1S/C14H31N/c1-13(2)12-14(3)10-8-6-5-7-9-11-15-4/h13-15H,5-12H2,1-4H3. The van der Waals surface area contributed by atoms with Crippen LogP contribution in [0.15, 0.2) is 0 Å². The topological polar surface area (TPSA) is 12.0 Å². The summed E-state index contributed by atoms with van der Waals surface area (Å²) in [4.78, 5) is 0. The Morgan fingerprint density at radius 1 is 0.867 bits per heavy atom. The lowest BCUT2D eigenvalue weighted by atomic mass is 9.93.